The number of rotatable bonds is 6. The van der Waals surface area contributed by atoms with Crippen LogP contribution in [0.5, 0.6) is 5.75 Å². The van der Waals surface area contributed by atoms with Crippen molar-refractivity contribution in [3.8, 4) is 5.75 Å². The molecule has 0 spiro atoms. The number of hydrogen-bond acceptors (Lipinski definition) is 3. The van der Waals surface area contributed by atoms with Crippen molar-refractivity contribution in [2.24, 2.45) is 0 Å². The lowest BCUT2D eigenvalue weighted by Crippen LogP contribution is -2.42. The minimum absolute atomic E-state index is 0.152. The third-order valence-electron chi connectivity index (χ3n) is 5.22. The van der Waals surface area contributed by atoms with Crippen molar-refractivity contribution >= 4 is 5.91 Å². The van der Waals surface area contributed by atoms with Gasteiger partial charge in [0, 0.05) is 30.5 Å². The van der Waals surface area contributed by atoms with Gasteiger partial charge in [-0.15, -0.1) is 0 Å². The monoisotopic (exact) mass is 341 g/mol. The molecular formula is C20H27N3O2. The fourth-order valence-corrected chi connectivity index (χ4v) is 3.78. The number of amides is 1. The molecule has 1 aliphatic carbocycles. The van der Waals surface area contributed by atoms with Crippen molar-refractivity contribution in [1.29, 1.82) is 0 Å². The Bertz CT molecular complexity index is 719. The molecule has 0 unspecified atom stereocenters. The smallest absolute Gasteiger partial charge is 0.245 e. The number of aromatic nitrogens is 2. The summed E-state index contributed by atoms with van der Waals surface area (Å²) >= 11 is 0. The van der Waals surface area contributed by atoms with Gasteiger partial charge in [-0.3, -0.25) is 4.79 Å². The van der Waals surface area contributed by atoms with Gasteiger partial charge in [0.1, 0.15) is 17.6 Å². The molecule has 1 fully saturated rings. The Morgan fingerprint density at radius 3 is 2.72 bits per heavy atom. The number of nitrogens with zero attached hydrogens (tertiary/aromatic N) is 3. The van der Waals surface area contributed by atoms with Crippen molar-refractivity contribution in [2.45, 2.75) is 58.2 Å². The number of methoxy groups -OCH3 is 1. The first-order valence-electron chi connectivity index (χ1n) is 9.03. The van der Waals surface area contributed by atoms with Gasteiger partial charge in [0.05, 0.1) is 7.11 Å². The topological polar surface area (TPSA) is 47.4 Å². The van der Waals surface area contributed by atoms with E-state index in [2.05, 4.69) is 9.88 Å². The molecule has 5 heteroatoms. The number of carbonyl (C=O) groups excluding carboxylic acids is 1. The minimum Gasteiger partial charge on any atom is -0.496 e. The maximum Gasteiger partial charge on any atom is 0.245 e. The lowest BCUT2D eigenvalue weighted by Gasteiger charge is -2.32. The number of hydrogen-bond donors (Lipinski definition) is 0. The minimum atomic E-state index is -0.252. The summed E-state index contributed by atoms with van der Waals surface area (Å²) in [4.78, 5) is 19.6. The SMILES string of the molecule is COc1ccccc1CN(C(=O)[C@@H](C)n1ccnc1C)C1CCCC1. The van der Waals surface area contributed by atoms with Gasteiger partial charge in [-0.1, -0.05) is 31.0 Å². The molecule has 3 rings (SSSR count). The zero-order valence-electron chi connectivity index (χ0n) is 15.3. The van der Waals surface area contributed by atoms with Gasteiger partial charge in [-0.2, -0.15) is 0 Å². The fraction of sp³-hybridized carbons (Fsp3) is 0.500. The fourth-order valence-electron chi connectivity index (χ4n) is 3.78. The number of carbonyl (C=O) groups is 1. The van der Waals surface area contributed by atoms with Crippen LogP contribution in [0.1, 0.15) is 50.0 Å². The first-order valence-corrected chi connectivity index (χ1v) is 9.03. The summed E-state index contributed by atoms with van der Waals surface area (Å²) in [5.41, 5.74) is 1.06. The van der Waals surface area contributed by atoms with E-state index >= 15 is 0 Å². The Morgan fingerprint density at radius 2 is 2.08 bits per heavy atom. The van der Waals surface area contributed by atoms with Crippen molar-refractivity contribution in [1.82, 2.24) is 14.5 Å². The van der Waals surface area contributed by atoms with Gasteiger partial charge in [0.15, 0.2) is 0 Å². The van der Waals surface area contributed by atoms with Crippen LogP contribution in [0.2, 0.25) is 0 Å². The predicted octanol–water partition coefficient (Wildman–Crippen LogP) is 3.73. The Hall–Kier alpha value is -2.30. The summed E-state index contributed by atoms with van der Waals surface area (Å²) in [6.45, 7) is 4.48. The zero-order chi connectivity index (χ0) is 17.8. The number of imidazole rings is 1. The Kier molecular flexibility index (Phi) is 5.41. The second-order valence-corrected chi connectivity index (χ2v) is 6.77. The predicted molar refractivity (Wildman–Crippen MR) is 97.5 cm³/mol. The van der Waals surface area contributed by atoms with Crippen LogP contribution in [0, 0.1) is 6.92 Å². The molecule has 0 saturated heterocycles. The van der Waals surface area contributed by atoms with Gasteiger partial charge in [0.25, 0.3) is 0 Å². The third kappa shape index (κ3) is 3.70. The molecule has 0 N–H and O–H groups in total. The highest BCUT2D eigenvalue weighted by Gasteiger charge is 2.31. The second-order valence-electron chi connectivity index (χ2n) is 6.77. The van der Waals surface area contributed by atoms with E-state index in [-0.39, 0.29) is 11.9 Å². The van der Waals surface area contributed by atoms with Crippen LogP contribution in [0.25, 0.3) is 0 Å². The molecule has 1 aromatic heterocycles. The number of para-hydroxylation sites is 1. The van der Waals surface area contributed by atoms with Crippen molar-refractivity contribution < 1.29 is 9.53 Å². The van der Waals surface area contributed by atoms with E-state index in [1.165, 1.54) is 12.8 Å². The summed E-state index contributed by atoms with van der Waals surface area (Å²) in [6, 6.07) is 8.01. The molecule has 5 nitrogen and oxygen atoms in total. The van der Waals surface area contributed by atoms with Crippen LogP contribution in [0.3, 0.4) is 0 Å². The van der Waals surface area contributed by atoms with Gasteiger partial charge in [-0.25, -0.2) is 4.98 Å². The van der Waals surface area contributed by atoms with Crippen LogP contribution in [0.4, 0.5) is 0 Å². The summed E-state index contributed by atoms with van der Waals surface area (Å²) in [5.74, 6) is 1.85. The highest BCUT2D eigenvalue weighted by atomic mass is 16.5. The second kappa shape index (κ2) is 7.72. The highest BCUT2D eigenvalue weighted by molar-refractivity contribution is 5.80. The Morgan fingerprint density at radius 1 is 1.36 bits per heavy atom. The maximum atomic E-state index is 13.3. The van der Waals surface area contributed by atoms with Crippen LogP contribution >= 0.6 is 0 Å². The van der Waals surface area contributed by atoms with Crippen molar-refractivity contribution in [3.63, 3.8) is 0 Å². The lowest BCUT2D eigenvalue weighted by atomic mass is 10.1. The van der Waals surface area contributed by atoms with E-state index < -0.39 is 0 Å². The van der Waals surface area contributed by atoms with E-state index in [0.29, 0.717) is 12.6 Å². The van der Waals surface area contributed by atoms with Crippen LogP contribution in [-0.2, 0) is 11.3 Å². The molecule has 1 saturated carbocycles. The quantitative estimate of drug-likeness (QED) is 0.804. The molecular weight excluding hydrogens is 314 g/mol. The standard InChI is InChI=1S/C20H27N3O2/c1-15(22-13-12-21-16(22)2)20(24)23(18-9-5-6-10-18)14-17-8-4-7-11-19(17)25-3/h4,7-8,11-13,15,18H,5-6,9-10,14H2,1-3H3/t15-/m1/s1. The molecule has 0 aliphatic heterocycles. The summed E-state index contributed by atoms with van der Waals surface area (Å²) in [5, 5.41) is 0. The number of benzene rings is 1. The van der Waals surface area contributed by atoms with Gasteiger partial charge in [-0.05, 0) is 32.8 Å². The van der Waals surface area contributed by atoms with Crippen molar-refractivity contribution in [3.05, 3.63) is 48.0 Å². The van der Waals surface area contributed by atoms with Gasteiger partial charge >= 0.3 is 0 Å². The molecule has 25 heavy (non-hydrogen) atoms. The maximum absolute atomic E-state index is 13.3. The van der Waals surface area contributed by atoms with Crippen LogP contribution in [0.15, 0.2) is 36.7 Å². The highest BCUT2D eigenvalue weighted by Crippen LogP contribution is 2.29. The summed E-state index contributed by atoms with van der Waals surface area (Å²) < 4.78 is 7.44. The lowest BCUT2D eigenvalue weighted by molar-refractivity contribution is -0.137. The molecule has 0 bridgehead atoms. The molecule has 1 heterocycles. The largest absolute Gasteiger partial charge is 0.496 e. The van der Waals surface area contributed by atoms with Gasteiger partial charge < -0.3 is 14.2 Å². The number of aryl methyl sites for hydroxylation is 1. The normalized spacial score (nSPS) is 16.0. The molecule has 134 valence electrons. The molecule has 1 aliphatic rings. The van der Waals surface area contributed by atoms with E-state index in [0.717, 1.165) is 30.0 Å². The molecule has 2 aromatic rings. The first-order chi connectivity index (χ1) is 12.1. The average molecular weight is 341 g/mol. The summed E-state index contributed by atoms with van der Waals surface area (Å²) in [6.07, 6.45) is 8.18. The van der Waals surface area contributed by atoms with E-state index in [9.17, 15) is 4.79 Å². The Balaban J connectivity index is 1.86. The first kappa shape index (κ1) is 17.5. The van der Waals surface area contributed by atoms with E-state index in [4.69, 9.17) is 4.74 Å². The van der Waals surface area contributed by atoms with Gasteiger partial charge in [0.2, 0.25) is 5.91 Å². The summed E-state index contributed by atoms with van der Waals surface area (Å²) in [7, 11) is 1.68. The van der Waals surface area contributed by atoms with E-state index in [1.54, 1.807) is 13.3 Å². The molecule has 1 atom stereocenters. The van der Waals surface area contributed by atoms with Crippen molar-refractivity contribution in [2.75, 3.05) is 7.11 Å². The third-order valence-corrected chi connectivity index (χ3v) is 5.22. The zero-order valence-corrected chi connectivity index (χ0v) is 15.3. The van der Waals surface area contributed by atoms with Crippen LogP contribution < -0.4 is 4.74 Å². The molecule has 1 amide bonds. The number of ether oxygens (including phenoxy) is 1. The van der Waals surface area contributed by atoms with Crippen LogP contribution in [-0.4, -0.2) is 33.5 Å². The van der Waals surface area contributed by atoms with E-state index in [1.807, 2.05) is 48.9 Å². The Labute approximate surface area is 149 Å². The molecule has 0 radical (unpaired) electrons. The average Bonchev–Trinajstić information content (AvgIpc) is 3.30. The molecule has 1 aromatic carbocycles.